The number of aromatic amines is 1. The molecule has 17 heavy (non-hydrogen) atoms. The van der Waals surface area contributed by atoms with Crippen LogP contribution in [0.15, 0.2) is 35.6 Å². The Morgan fingerprint density at radius 1 is 1.41 bits per heavy atom. The van der Waals surface area contributed by atoms with Gasteiger partial charge < -0.3 is 10.3 Å². The summed E-state index contributed by atoms with van der Waals surface area (Å²) >= 11 is 0. The van der Waals surface area contributed by atoms with E-state index in [4.69, 9.17) is 0 Å². The van der Waals surface area contributed by atoms with E-state index in [9.17, 15) is 0 Å². The average Bonchev–Trinajstić information content (AvgIpc) is 2.75. The quantitative estimate of drug-likeness (QED) is 0.613. The monoisotopic (exact) mass is 228 g/mol. The van der Waals surface area contributed by atoms with Gasteiger partial charge in [0, 0.05) is 18.3 Å². The molecule has 0 amide bonds. The third-order valence-corrected chi connectivity index (χ3v) is 2.61. The van der Waals surface area contributed by atoms with Gasteiger partial charge in [0.15, 0.2) is 0 Å². The largest absolute Gasteiger partial charge is 0.377 e. The molecule has 0 radical (unpaired) electrons. The fourth-order valence-corrected chi connectivity index (χ4v) is 1.62. The van der Waals surface area contributed by atoms with Gasteiger partial charge in [0.1, 0.15) is 0 Å². The number of hydrogen-bond acceptors (Lipinski definition) is 2. The lowest BCUT2D eigenvalue weighted by atomic mass is 10.1. The van der Waals surface area contributed by atoms with Crippen LogP contribution in [0.3, 0.4) is 0 Å². The van der Waals surface area contributed by atoms with E-state index in [0.29, 0.717) is 0 Å². The van der Waals surface area contributed by atoms with Crippen molar-refractivity contribution in [2.75, 3.05) is 7.05 Å². The van der Waals surface area contributed by atoms with Crippen molar-refractivity contribution >= 4 is 11.5 Å². The zero-order chi connectivity index (χ0) is 12.3. The molecule has 0 aliphatic carbocycles. The van der Waals surface area contributed by atoms with Crippen LogP contribution in [-0.2, 0) is 0 Å². The topological polar surface area (TPSA) is 53.1 Å². The van der Waals surface area contributed by atoms with Crippen LogP contribution in [0.25, 0.3) is 11.3 Å². The molecular formula is C13H16N4. The first-order chi connectivity index (χ1) is 8.20. The molecule has 0 fully saturated rings. The van der Waals surface area contributed by atoms with Crippen molar-refractivity contribution in [2.45, 2.75) is 13.8 Å². The maximum atomic E-state index is 4.45. The van der Waals surface area contributed by atoms with Gasteiger partial charge in [-0.15, -0.1) is 0 Å². The maximum absolute atomic E-state index is 4.45. The molecule has 1 aromatic heterocycles. The Hall–Kier alpha value is -2.10. The molecule has 2 N–H and O–H groups in total. The van der Waals surface area contributed by atoms with Crippen LogP contribution in [-0.4, -0.2) is 22.9 Å². The van der Waals surface area contributed by atoms with E-state index in [1.165, 1.54) is 0 Å². The predicted octanol–water partition coefficient (Wildman–Crippen LogP) is 2.65. The van der Waals surface area contributed by atoms with Gasteiger partial charge in [-0.1, -0.05) is 12.1 Å². The van der Waals surface area contributed by atoms with E-state index >= 15 is 0 Å². The molecule has 0 atom stereocenters. The molecule has 4 nitrogen and oxygen atoms in total. The lowest BCUT2D eigenvalue weighted by Gasteiger charge is -2.02. The van der Waals surface area contributed by atoms with E-state index in [-0.39, 0.29) is 0 Å². The number of amidine groups is 1. The highest BCUT2D eigenvalue weighted by Crippen LogP contribution is 2.24. The third-order valence-electron chi connectivity index (χ3n) is 2.61. The zero-order valence-electron chi connectivity index (χ0n) is 10.3. The number of H-pyrrole nitrogens is 1. The summed E-state index contributed by atoms with van der Waals surface area (Å²) in [4.78, 5) is 11.8. The smallest absolute Gasteiger partial charge is 0.0988 e. The summed E-state index contributed by atoms with van der Waals surface area (Å²) in [7, 11) is 1.86. The second-order valence-electron chi connectivity index (χ2n) is 3.87. The summed E-state index contributed by atoms with van der Waals surface area (Å²) in [5.74, 6) is 0.890. The molecule has 0 aliphatic rings. The molecule has 4 heteroatoms. The number of nitrogens with zero attached hydrogens (tertiary/aromatic N) is 2. The van der Waals surface area contributed by atoms with Crippen molar-refractivity contribution in [3.05, 3.63) is 36.3 Å². The van der Waals surface area contributed by atoms with Crippen molar-refractivity contribution in [1.82, 2.24) is 15.3 Å². The molecule has 0 bridgehead atoms. The second-order valence-corrected chi connectivity index (χ2v) is 3.87. The number of hydrogen-bond donors (Lipinski definition) is 2. The van der Waals surface area contributed by atoms with Crippen LogP contribution < -0.4 is 5.32 Å². The van der Waals surface area contributed by atoms with Crippen LogP contribution in [0.5, 0.6) is 0 Å². The van der Waals surface area contributed by atoms with Gasteiger partial charge in [-0.2, -0.15) is 0 Å². The Balaban J connectivity index is 2.39. The normalized spacial score (nSPS) is 11.6. The van der Waals surface area contributed by atoms with Crippen molar-refractivity contribution < 1.29 is 0 Å². The number of rotatable bonds is 2. The lowest BCUT2D eigenvalue weighted by Crippen LogP contribution is -2.12. The standard InChI is InChI=1S/C13H16N4/c1-9-13(16-8-15-9)11-5-4-6-12(7-11)17-10(2)14-3/h4-8H,1-3H3,(H,14,17)(H,15,16). The van der Waals surface area contributed by atoms with Crippen LogP contribution >= 0.6 is 0 Å². The molecule has 0 spiro atoms. The first-order valence-electron chi connectivity index (χ1n) is 5.54. The Morgan fingerprint density at radius 3 is 2.88 bits per heavy atom. The van der Waals surface area contributed by atoms with Crippen molar-refractivity contribution in [3.8, 4) is 11.3 Å². The Labute approximate surface area is 101 Å². The predicted molar refractivity (Wildman–Crippen MR) is 70.6 cm³/mol. The summed E-state index contributed by atoms with van der Waals surface area (Å²) in [6.07, 6.45) is 1.71. The highest BCUT2D eigenvalue weighted by molar-refractivity contribution is 5.82. The van der Waals surface area contributed by atoms with Crippen molar-refractivity contribution in [3.63, 3.8) is 0 Å². The van der Waals surface area contributed by atoms with E-state index in [0.717, 1.165) is 28.5 Å². The number of benzene rings is 1. The van der Waals surface area contributed by atoms with Gasteiger partial charge >= 0.3 is 0 Å². The van der Waals surface area contributed by atoms with Gasteiger partial charge in [-0.25, -0.2) is 9.98 Å². The molecular weight excluding hydrogens is 212 g/mol. The molecule has 0 saturated carbocycles. The van der Waals surface area contributed by atoms with Crippen LogP contribution in [0.4, 0.5) is 5.69 Å². The highest BCUT2D eigenvalue weighted by Gasteiger charge is 2.04. The minimum Gasteiger partial charge on any atom is -0.377 e. The summed E-state index contributed by atoms with van der Waals surface area (Å²) < 4.78 is 0. The number of nitrogens with one attached hydrogen (secondary N) is 2. The van der Waals surface area contributed by atoms with Gasteiger partial charge in [0.2, 0.25) is 0 Å². The van der Waals surface area contributed by atoms with Gasteiger partial charge in [-0.05, 0) is 26.0 Å². The van der Waals surface area contributed by atoms with Crippen molar-refractivity contribution in [2.24, 2.45) is 4.99 Å². The Morgan fingerprint density at radius 2 is 2.24 bits per heavy atom. The third kappa shape index (κ3) is 2.53. The minimum absolute atomic E-state index is 0.890. The molecule has 1 aromatic carbocycles. The van der Waals surface area contributed by atoms with E-state index in [1.54, 1.807) is 6.33 Å². The van der Waals surface area contributed by atoms with Crippen LogP contribution in [0.1, 0.15) is 12.6 Å². The number of imidazole rings is 1. The number of aliphatic imine (C=N–C) groups is 1. The van der Waals surface area contributed by atoms with Gasteiger partial charge in [-0.3, -0.25) is 0 Å². The maximum Gasteiger partial charge on any atom is 0.0988 e. The van der Waals surface area contributed by atoms with E-state index in [2.05, 4.69) is 20.3 Å². The SMILES string of the molecule is CN/C(C)=N/c1cccc(-c2nc[nH]c2C)c1. The summed E-state index contributed by atoms with van der Waals surface area (Å²) in [5.41, 5.74) is 4.05. The average molecular weight is 228 g/mol. The molecule has 0 aliphatic heterocycles. The summed E-state index contributed by atoms with van der Waals surface area (Å²) in [6.45, 7) is 3.95. The minimum atomic E-state index is 0.890. The van der Waals surface area contributed by atoms with Crippen LogP contribution in [0.2, 0.25) is 0 Å². The molecule has 2 aromatic rings. The molecule has 0 saturated heterocycles. The molecule has 2 rings (SSSR count). The number of aromatic nitrogens is 2. The van der Waals surface area contributed by atoms with Gasteiger partial charge in [0.05, 0.1) is 23.5 Å². The zero-order valence-corrected chi connectivity index (χ0v) is 10.3. The van der Waals surface area contributed by atoms with E-state index in [1.807, 2.05) is 45.2 Å². The summed E-state index contributed by atoms with van der Waals surface area (Å²) in [5, 5.41) is 3.01. The lowest BCUT2D eigenvalue weighted by molar-refractivity contribution is 1.15. The van der Waals surface area contributed by atoms with Gasteiger partial charge in [0.25, 0.3) is 0 Å². The molecule has 1 heterocycles. The van der Waals surface area contributed by atoms with Crippen LogP contribution in [0, 0.1) is 6.92 Å². The second kappa shape index (κ2) is 4.82. The molecule has 88 valence electrons. The Kier molecular flexibility index (Phi) is 3.23. The number of aryl methyl sites for hydroxylation is 1. The molecule has 0 unspecified atom stereocenters. The summed E-state index contributed by atoms with van der Waals surface area (Å²) in [6, 6.07) is 8.04. The fraction of sp³-hybridized carbons (Fsp3) is 0.231. The first-order valence-corrected chi connectivity index (χ1v) is 5.54. The first kappa shape index (κ1) is 11.4. The highest BCUT2D eigenvalue weighted by atomic mass is 15.0. The Bertz CT molecular complexity index is 540. The van der Waals surface area contributed by atoms with Crippen molar-refractivity contribution in [1.29, 1.82) is 0 Å². The fourth-order valence-electron chi connectivity index (χ4n) is 1.62. The van der Waals surface area contributed by atoms with E-state index < -0.39 is 0 Å².